The fraction of sp³-hybridized carbons (Fsp3) is 0.364. The van der Waals surface area contributed by atoms with Crippen molar-refractivity contribution in [3.05, 3.63) is 23.8 Å². The van der Waals surface area contributed by atoms with Crippen molar-refractivity contribution in [1.29, 1.82) is 0 Å². The number of hydrogen-bond acceptors (Lipinski definition) is 3. The summed E-state index contributed by atoms with van der Waals surface area (Å²) in [7, 11) is 0. The van der Waals surface area contributed by atoms with Crippen LogP contribution in [0, 0.1) is 0 Å². The van der Waals surface area contributed by atoms with Crippen LogP contribution in [0.4, 0.5) is 29.3 Å². The SMILES string of the molecule is Nc1cc(C(F)(F)F)ccc1N1CCCOC1=O. The van der Waals surface area contributed by atoms with Crippen molar-refractivity contribution in [2.45, 2.75) is 12.6 Å². The second kappa shape index (κ2) is 4.40. The summed E-state index contributed by atoms with van der Waals surface area (Å²) in [6.07, 6.45) is -4.42. The van der Waals surface area contributed by atoms with Gasteiger partial charge in [-0.25, -0.2) is 4.79 Å². The molecule has 0 aromatic heterocycles. The maximum absolute atomic E-state index is 12.5. The predicted octanol–water partition coefficient (Wildman–Crippen LogP) is 2.63. The lowest BCUT2D eigenvalue weighted by Crippen LogP contribution is -2.38. The average Bonchev–Trinajstić information content (AvgIpc) is 2.29. The molecule has 98 valence electrons. The number of carbonyl (C=O) groups is 1. The predicted molar refractivity (Wildman–Crippen MR) is 59.2 cm³/mol. The van der Waals surface area contributed by atoms with Gasteiger partial charge in [-0.15, -0.1) is 0 Å². The Balaban J connectivity index is 2.32. The molecule has 1 fully saturated rings. The molecular weight excluding hydrogens is 249 g/mol. The van der Waals surface area contributed by atoms with Crippen molar-refractivity contribution in [3.8, 4) is 0 Å². The zero-order valence-corrected chi connectivity index (χ0v) is 9.33. The first-order valence-electron chi connectivity index (χ1n) is 5.30. The molecule has 0 spiro atoms. The van der Waals surface area contributed by atoms with E-state index in [4.69, 9.17) is 10.5 Å². The molecule has 18 heavy (non-hydrogen) atoms. The van der Waals surface area contributed by atoms with Gasteiger partial charge in [0.15, 0.2) is 0 Å². The molecule has 1 aromatic rings. The fourth-order valence-electron chi connectivity index (χ4n) is 1.75. The molecule has 0 bridgehead atoms. The zero-order valence-electron chi connectivity index (χ0n) is 9.33. The van der Waals surface area contributed by atoms with E-state index in [2.05, 4.69) is 0 Å². The largest absolute Gasteiger partial charge is 0.449 e. The molecule has 0 aliphatic carbocycles. The number of amides is 1. The molecule has 1 aliphatic heterocycles. The number of cyclic esters (lactones) is 1. The highest BCUT2D eigenvalue weighted by Crippen LogP contribution is 2.34. The van der Waals surface area contributed by atoms with Gasteiger partial charge in [0.1, 0.15) is 0 Å². The Morgan fingerprint density at radius 3 is 2.61 bits per heavy atom. The first-order chi connectivity index (χ1) is 8.39. The lowest BCUT2D eigenvalue weighted by atomic mass is 10.1. The minimum absolute atomic E-state index is 0.0938. The molecule has 4 nitrogen and oxygen atoms in total. The number of halogens is 3. The lowest BCUT2D eigenvalue weighted by Gasteiger charge is -2.27. The number of benzene rings is 1. The van der Waals surface area contributed by atoms with Crippen molar-refractivity contribution in [2.75, 3.05) is 23.8 Å². The van der Waals surface area contributed by atoms with Gasteiger partial charge < -0.3 is 10.5 Å². The third kappa shape index (κ3) is 2.34. The molecule has 0 atom stereocenters. The summed E-state index contributed by atoms with van der Waals surface area (Å²) in [5, 5.41) is 0. The highest BCUT2D eigenvalue weighted by Gasteiger charge is 2.32. The van der Waals surface area contributed by atoms with Crippen LogP contribution >= 0.6 is 0 Å². The van der Waals surface area contributed by atoms with Gasteiger partial charge in [-0.1, -0.05) is 0 Å². The molecule has 0 radical (unpaired) electrons. The summed E-state index contributed by atoms with van der Waals surface area (Å²) < 4.78 is 42.2. The average molecular weight is 260 g/mol. The molecule has 2 rings (SSSR count). The van der Waals surface area contributed by atoms with Crippen LogP contribution in [0.1, 0.15) is 12.0 Å². The Bertz CT molecular complexity index is 474. The molecule has 1 aromatic carbocycles. The number of alkyl halides is 3. The van der Waals surface area contributed by atoms with Crippen molar-refractivity contribution >= 4 is 17.5 Å². The van der Waals surface area contributed by atoms with Crippen LogP contribution in [-0.2, 0) is 10.9 Å². The van der Waals surface area contributed by atoms with E-state index in [0.717, 1.165) is 12.1 Å². The van der Waals surface area contributed by atoms with Gasteiger partial charge in [0.25, 0.3) is 0 Å². The van der Waals surface area contributed by atoms with Gasteiger partial charge in [-0.3, -0.25) is 4.90 Å². The van der Waals surface area contributed by atoms with Crippen molar-refractivity contribution in [2.24, 2.45) is 0 Å². The maximum Gasteiger partial charge on any atom is 0.416 e. The molecular formula is C11H11F3N2O2. The van der Waals surface area contributed by atoms with E-state index >= 15 is 0 Å². The Kier molecular flexibility index (Phi) is 3.06. The van der Waals surface area contributed by atoms with E-state index < -0.39 is 17.8 Å². The van der Waals surface area contributed by atoms with Crippen molar-refractivity contribution in [3.63, 3.8) is 0 Å². The Morgan fingerprint density at radius 2 is 2.06 bits per heavy atom. The first-order valence-corrected chi connectivity index (χ1v) is 5.30. The molecule has 1 amide bonds. The number of hydrogen-bond donors (Lipinski definition) is 1. The van der Waals surface area contributed by atoms with Crippen LogP contribution in [0.3, 0.4) is 0 Å². The summed E-state index contributed by atoms with van der Waals surface area (Å²) in [4.78, 5) is 12.7. The smallest absolute Gasteiger partial charge is 0.416 e. The molecule has 2 N–H and O–H groups in total. The van der Waals surface area contributed by atoms with Crippen LogP contribution < -0.4 is 10.6 Å². The van der Waals surface area contributed by atoms with Gasteiger partial charge in [0.2, 0.25) is 0 Å². The molecule has 1 heterocycles. The van der Waals surface area contributed by atoms with Crippen molar-refractivity contribution < 1.29 is 22.7 Å². The minimum Gasteiger partial charge on any atom is -0.449 e. The van der Waals surface area contributed by atoms with E-state index in [9.17, 15) is 18.0 Å². The van der Waals surface area contributed by atoms with Gasteiger partial charge in [-0.2, -0.15) is 13.2 Å². The summed E-state index contributed by atoms with van der Waals surface area (Å²) in [6.45, 7) is 0.699. The lowest BCUT2D eigenvalue weighted by molar-refractivity contribution is -0.137. The Labute approximate surface area is 101 Å². The van der Waals surface area contributed by atoms with Gasteiger partial charge in [0.05, 0.1) is 23.5 Å². The number of nitrogen functional groups attached to an aromatic ring is 1. The van der Waals surface area contributed by atoms with E-state index in [1.54, 1.807) is 0 Å². The number of nitrogens with zero attached hydrogens (tertiary/aromatic N) is 1. The number of ether oxygens (including phenoxy) is 1. The highest BCUT2D eigenvalue weighted by atomic mass is 19.4. The van der Waals surface area contributed by atoms with E-state index in [0.29, 0.717) is 19.6 Å². The molecule has 0 unspecified atom stereocenters. The number of carbonyl (C=O) groups excluding carboxylic acids is 1. The molecule has 1 saturated heterocycles. The van der Waals surface area contributed by atoms with Gasteiger partial charge in [0, 0.05) is 6.54 Å². The summed E-state index contributed by atoms with van der Waals surface area (Å²) >= 11 is 0. The van der Waals surface area contributed by atoms with Crippen LogP contribution in [0.5, 0.6) is 0 Å². The molecule has 0 saturated carbocycles. The van der Waals surface area contributed by atoms with Crippen molar-refractivity contribution in [1.82, 2.24) is 0 Å². The summed E-state index contributed by atoms with van der Waals surface area (Å²) in [5.41, 5.74) is 4.87. The minimum atomic E-state index is -4.45. The third-order valence-corrected chi connectivity index (χ3v) is 2.62. The van der Waals surface area contributed by atoms with Gasteiger partial charge >= 0.3 is 12.3 Å². The standard InChI is InChI=1S/C11H11F3N2O2/c12-11(13,14)7-2-3-9(8(15)6-7)16-4-1-5-18-10(16)17/h2-3,6H,1,4-5,15H2. The summed E-state index contributed by atoms with van der Waals surface area (Å²) in [6, 6.07) is 2.90. The zero-order chi connectivity index (χ0) is 13.3. The first kappa shape index (κ1) is 12.5. The van der Waals surface area contributed by atoms with E-state index in [-0.39, 0.29) is 11.4 Å². The van der Waals surface area contributed by atoms with Crippen LogP contribution in [0.15, 0.2) is 18.2 Å². The highest BCUT2D eigenvalue weighted by molar-refractivity contribution is 5.92. The summed E-state index contributed by atoms with van der Waals surface area (Å²) in [5.74, 6) is 0. The number of rotatable bonds is 1. The van der Waals surface area contributed by atoms with Crippen LogP contribution in [-0.4, -0.2) is 19.2 Å². The number of nitrogens with two attached hydrogens (primary N) is 1. The van der Waals surface area contributed by atoms with Crippen LogP contribution in [0.2, 0.25) is 0 Å². The van der Waals surface area contributed by atoms with Gasteiger partial charge in [-0.05, 0) is 24.6 Å². The second-order valence-electron chi connectivity index (χ2n) is 3.89. The maximum atomic E-state index is 12.5. The normalized spacial score (nSPS) is 16.6. The Hall–Kier alpha value is -1.92. The van der Waals surface area contributed by atoms with E-state index in [1.807, 2.05) is 0 Å². The molecule has 7 heteroatoms. The third-order valence-electron chi connectivity index (χ3n) is 2.62. The number of anilines is 2. The fourth-order valence-corrected chi connectivity index (χ4v) is 1.75. The second-order valence-corrected chi connectivity index (χ2v) is 3.89. The Morgan fingerprint density at radius 1 is 1.33 bits per heavy atom. The van der Waals surface area contributed by atoms with E-state index in [1.165, 1.54) is 11.0 Å². The topological polar surface area (TPSA) is 55.6 Å². The van der Waals surface area contributed by atoms with Crippen LogP contribution in [0.25, 0.3) is 0 Å². The molecule has 1 aliphatic rings. The monoisotopic (exact) mass is 260 g/mol. The quantitative estimate of drug-likeness (QED) is 0.790.